The summed E-state index contributed by atoms with van der Waals surface area (Å²) < 4.78 is 0. The molecule has 0 fully saturated rings. The lowest BCUT2D eigenvalue weighted by atomic mass is 9.88. The van der Waals surface area contributed by atoms with E-state index >= 15 is 0 Å². The van der Waals surface area contributed by atoms with Crippen LogP contribution in [-0.2, 0) is 5.60 Å². The molecule has 2 aromatic rings. The summed E-state index contributed by atoms with van der Waals surface area (Å²) in [6.45, 7) is 9.06. The van der Waals surface area contributed by atoms with E-state index in [1.54, 1.807) is 0 Å². The highest BCUT2D eigenvalue weighted by atomic mass is 31.1. The van der Waals surface area contributed by atoms with Gasteiger partial charge in [0.1, 0.15) is 5.60 Å². The Bertz CT molecular complexity index is 523. The Labute approximate surface area is 138 Å². The maximum atomic E-state index is 11.5. The monoisotopic (exact) mass is 311 g/mol. The Kier molecular flexibility index (Phi) is 6.41. The smallest absolute Gasteiger partial charge is 0.118 e. The maximum absolute atomic E-state index is 11.5. The van der Waals surface area contributed by atoms with Crippen molar-refractivity contribution in [3.05, 3.63) is 71.8 Å². The van der Waals surface area contributed by atoms with Gasteiger partial charge in [-0.2, -0.15) is 0 Å². The van der Waals surface area contributed by atoms with Crippen LogP contribution in [0.5, 0.6) is 0 Å². The molecule has 1 atom stereocenters. The molecule has 22 heavy (non-hydrogen) atoms. The molecule has 1 N–H and O–H groups in total. The van der Waals surface area contributed by atoms with Gasteiger partial charge >= 0.3 is 0 Å². The van der Waals surface area contributed by atoms with Gasteiger partial charge in [-0.3, -0.25) is 0 Å². The maximum Gasteiger partial charge on any atom is 0.118 e. The molecular formula is C19H25BOP. The average molecular weight is 311 g/mol. The summed E-state index contributed by atoms with van der Waals surface area (Å²) >= 11 is 0. The molecule has 2 rings (SSSR count). The number of benzene rings is 2. The zero-order valence-electron chi connectivity index (χ0n) is 14.0. The molecule has 1 nitrogen and oxygen atoms in total. The molecule has 0 saturated carbocycles. The van der Waals surface area contributed by atoms with Crippen LogP contribution in [0.2, 0.25) is 0 Å². The van der Waals surface area contributed by atoms with Crippen LogP contribution in [0, 0.1) is 0 Å². The van der Waals surface area contributed by atoms with Gasteiger partial charge in [-0.05, 0) is 22.9 Å². The number of rotatable bonds is 4. The van der Waals surface area contributed by atoms with Gasteiger partial charge in [-0.25, -0.2) is 0 Å². The zero-order valence-corrected chi connectivity index (χ0v) is 14.8. The molecule has 0 unspecified atom stereocenters. The molecule has 0 aliphatic heterocycles. The van der Waals surface area contributed by atoms with Crippen molar-refractivity contribution in [2.45, 2.75) is 31.5 Å². The summed E-state index contributed by atoms with van der Waals surface area (Å²) in [5, 5.41) is 11.7. The standard InChI is InChI=1S/C19H25OP.B/c1-18(2,3)21(4)15-19(20,16-11-7-5-8-12-16)17-13-9-6-10-14-17;/h5-14,20H,15H2,1-4H3;/t21-;/m1./s1. The van der Waals surface area contributed by atoms with Crippen LogP contribution in [0.15, 0.2) is 60.7 Å². The van der Waals surface area contributed by atoms with Crippen molar-refractivity contribution in [1.29, 1.82) is 0 Å². The second-order valence-electron chi connectivity index (χ2n) is 6.62. The lowest BCUT2D eigenvalue weighted by Gasteiger charge is -2.37. The van der Waals surface area contributed by atoms with E-state index in [9.17, 15) is 5.11 Å². The van der Waals surface area contributed by atoms with Gasteiger partial charge < -0.3 is 5.11 Å². The summed E-state index contributed by atoms with van der Waals surface area (Å²) in [6.07, 6.45) is 0.778. The van der Waals surface area contributed by atoms with Gasteiger partial charge in [0.15, 0.2) is 0 Å². The quantitative estimate of drug-likeness (QED) is 0.653. The van der Waals surface area contributed by atoms with E-state index in [1.165, 1.54) is 0 Å². The predicted molar refractivity (Wildman–Crippen MR) is 99.1 cm³/mol. The molecule has 0 amide bonds. The van der Waals surface area contributed by atoms with E-state index in [1.807, 2.05) is 60.7 Å². The minimum atomic E-state index is -0.906. The lowest BCUT2D eigenvalue weighted by Crippen LogP contribution is -2.33. The van der Waals surface area contributed by atoms with E-state index < -0.39 is 5.60 Å². The van der Waals surface area contributed by atoms with Crippen molar-refractivity contribution in [3.8, 4) is 0 Å². The third-order valence-electron chi connectivity index (χ3n) is 4.11. The molecule has 0 saturated heterocycles. The fourth-order valence-electron chi connectivity index (χ4n) is 2.36. The molecule has 3 radical (unpaired) electrons. The zero-order chi connectivity index (χ0) is 15.5. The molecule has 0 aliphatic carbocycles. The van der Waals surface area contributed by atoms with Crippen LogP contribution >= 0.6 is 7.92 Å². The van der Waals surface area contributed by atoms with E-state index in [4.69, 9.17) is 0 Å². The van der Waals surface area contributed by atoms with Gasteiger partial charge in [0.25, 0.3) is 0 Å². The second kappa shape index (κ2) is 7.44. The first-order valence-corrected chi connectivity index (χ1v) is 9.36. The highest BCUT2D eigenvalue weighted by Crippen LogP contribution is 2.51. The van der Waals surface area contributed by atoms with Gasteiger partial charge in [-0.1, -0.05) is 81.4 Å². The molecule has 0 spiro atoms. The Morgan fingerprint density at radius 3 is 1.50 bits per heavy atom. The third kappa shape index (κ3) is 4.21. The van der Waals surface area contributed by atoms with Crippen LogP contribution in [0.25, 0.3) is 0 Å². The van der Waals surface area contributed by atoms with Crippen molar-refractivity contribution >= 4 is 16.3 Å². The van der Waals surface area contributed by atoms with Crippen molar-refractivity contribution in [2.75, 3.05) is 12.8 Å². The van der Waals surface area contributed by atoms with Crippen LogP contribution in [0.3, 0.4) is 0 Å². The molecule has 115 valence electrons. The van der Waals surface area contributed by atoms with Crippen molar-refractivity contribution in [3.63, 3.8) is 0 Å². The highest BCUT2D eigenvalue weighted by molar-refractivity contribution is 7.58. The SMILES string of the molecule is C[P@](CC(O)(c1ccccc1)c1ccccc1)C(C)(C)C.[B]. The predicted octanol–water partition coefficient (Wildman–Crippen LogP) is 4.45. The fourth-order valence-corrected chi connectivity index (χ4v) is 3.88. The van der Waals surface area contributed by atoms with Crippen molar-refractivity contribution in [1.82, 2.24) is 0 Å². The molecule has 2 aromatic carbocycles. The summed E-state index contributed by atoms with van der Waals surface area (Å²) in [7, 11) is -0.307. The normalized spacial score (nSPS) is 13.3. The summed E-state index contributed by atoms with van der Waals surface area (Å²) in [4.78, 5) is 0. The lowest BCUT2D eigenvalue weighted by molar-refractivity contribution is 0.106. The minimum absolute atomic E-state index is 0. The Balaban J connectivity index is 0.00000242. The van der Waals surface area contributed by atoms with Crippen molar-refractivity contribution < 1.29 is 5.11 Å². The first-order chi connectivity index (χ1) is 9.84. The Morgan fingerprint density at radius 2 is 1.18 bits per heavy atom. The van der Waals surface area contributed by atoms with Crippen LogP contribution in [0.4, 0.5) is 0 Å². The number of aliphatic hydroxyl groups is 1. The minimum Gasteiger partial charge on any atom is -0.380 e. The van der Waals surface area contributed by atoms with E-state index in [0.29, 0.717) is 0 Å². The second-order valence-corrected chi connectivity index (χ2v) is 9.67. The first kappa shape index (κ1) is 18.9. The molecular weight excluding hydrogens is 286 g/mol. The molecule has 0 aliphatic rings. The van der Waals surface area contributed by atoms with Crippen LogP contribution in [0.1, 0.15) is 31.9 Å². The summed E-state index contributed by atoms with van der Waals surface area (Å²) in [5.41, 5.74) is 1.06. The van der Waals surface area contributed by atoms with Gasteiger partial charge in [0.05, 0.1) is 0 Å². The van der Waals surface area contributed by atoms with Gasteiger partial charge in [0.2, 0.25) is 0 Å². The molecule has 0 bridgehead atoms. The molecule has 0 aromatic heterocycles. The molecule has 3 heteroatoms. The largest absolute Gasteiger partial charge is 0.380 e. The van der Waals surface area contributed by atoms with E-state index in [-0.39, 0.29) is 21.5 Å². The number of hydrogen-bond acceptors (Lipinski definition) is 1. The van der Waals surface area contributed by atoms with Crippen LogP contribution < -0.4 is 0 Å². The fraction of sp³-hybridized carbons (Fsp3) is 0.368. The van der Waals surface area contributed by atoms with Crippen molar-refractivity contribution in [2.24, 2.45) is 0 Å². The number of hydrogen-bond donors (Lipinski definition) is 1. The molecule has 0 heterocycles. The third-order valence-corrected chi connectivity index (χ3v) is 7.34. The summed E-state index contributed by atoms with van der Waals surface area (Å²) in [5.74, 6) is 0. The van der Waals surface area contributed by atoms with Gasteiger partial charge in [0, 0.05) is 14.6 Å². The van der Waals surface area contributed by atoms with Gasteiger partial charge in [-0.15, -0.1) is 7.92 Å². The Morgan fingerprint density at radius 1 is 0.818 bits per heavy atom. The topological polar surface area (TPSA) is 20.2 Å². The Hall–Kier alpha value is -1.11. The average Bonchev–Trinajstić information content (AvgIpc) is 2.48. The van der Waals surface area contributed by atoms with E-state index in [0.717, 1.165) is 17.3 Å². The first-order valence-electron chi connectivity index (χ1n) is 7.39. The highest BCUT2D eigenvalue weighted by Gasteiger charge is 2.36. The summed E-state index contributed by atoms with van der Waals surface area (Å²) in [6, 6.07) is 20.1. The van der Waals surface area contributed by atoms with E-state index in [2.05, 4.69) is 27.4 Å². The van der Waals surface area contributed by atoms with Crippen LogP contribution in [-0.4, -0.2) is 31.5 Å².